The molecule has 3 rings (SSSR count). The van der Waals surface area contributed by atoms with Crippen LogP contribution in [0.4, 0.5) is 5.69 Å². The average molecular weight is 367 g/mol. The number of methoxy groups -OCH3 is 1. The van der Waals surface area contributed by atoms with Gasteiger partial charge in [0.25, 0.3) is 5.91 Å². The molecule has 2 aromatic rings. The van der Waals surface area contributed by atoms with Crippen LogP contribution in [0.2, 0.25) is 0 Å². The van der Waals surface area contributed by atoms with Crippen LogP contribution in [0.1, 0.15) is 11.1 Å². The highest BCUT2D eigenvalue weighted by atomic mass is 16.5. The van der Waals surface area contributed by atoms with Gasteiger partial charge in [-0.05, 0) is 6.07 Å². The molecule has 0 aromatic heterocycles. The number of carbonyl (C=O) groups excluding carboxylic acids is 1. The number of rotatable bonds is 8. The topological polar surface area (TPSA) is 63.2 Å². The van der Waals surface area contributed by atoms with Crippen LogP contribution in [-0.4, -0.2) is 58.3 Å². The molecule has 1 aliphatic heterocycles. The third-order valence-corrected chi connectivity index (χ3v) is 4.41. The molecule has 0 aliphatic carbocycles. The molecule has 1 N–H and O–H groups in total. The Bertz CT molecular complexity index is 792. The van der Waals surface area contributed by atoms with Gasteiger partial charge < -0.3 is 14.4 Å². The van der Waals surface area contributed by atoms with Gasteiger partial charge in [-0.2, -0.15) is 0 Å². The SMILES string of the molecule is COCCOCCN[C@@H]1N=C(c2ccccc2)c2ccccc2N(C)C1=O. The predicted molar refractivity (Wildman–Crippen MR) is 106 cm³/mol. The fourth-order valence-electron chi connectivity index (χ4n) is 2.99. The minimum absolute atomic E-state index is 0.0923. The Hall–Kier alpha value is -2.54. The third-order valence-electron chi connectivity index (χ3n) is 4.41. The molecule has 1 heterocycles. The van der Waals surface area contributed by atoms with E-state index in [1.54, 1.807) is 19.1 Å². The normalized spacial score (nSPS) is 16.7. The second kappa shape index (κ2) is 9.41. The zero-order chi connectivity index (χ0) is 19.1. The Morgan fingerprint density at radius 3 is 2.56 bits per heavy atom. The van der Waals surface area contributed by atoms with Gasteiger partial charge in [-0.1, -0.05) is 48.5 Å². The van der Waals surface area contributed by atoms with E-state index in [0.29, 0.717) is 26.4 Å². The lowest BCUT2D eigenvalue weighted by Crippen LogP contribution is -2.44. The molecule has 142 valence electrons. The van der Waals surface area contributed by atoms with E-state index in [4.69, 9.17) is 14.5 Å². The Morgan fingerprint density at radius 2 is 1.78 bits per heavy atom. The number of fused-ring (bicyclic) bond motifs is 1. The van der Waals surface area contributed by atoms with Gasteiger partial charge in [0.2, 0.25) is 0 Å². The fraction of sp³-hybridized carbons (Fsp3) is 0.333. The summed E-state index contributed by atoms with van der Waals surface area (Å²) in [6.07, 6.45) is -0.663. The van der Waals surface area contributed by atoms with Crippen LogP contribution in [0.25, 0.3) is 0 Å². The number of hydrogen-bond acceptors (Lipinski definition) is 5. The van der Waals surface area contributed by atoms with E-state index < -0.39 is 6.17 Å². The first-order chi connectivity index (χ1) is 13.2. The molecule has 0 fully saturated rings. The number of nitrogens with one attached hydrogen (secondary N) is 1. The van der Waals surface area contributed by atoms with E-state index in [1.165, 1.54) is 0 Å². The number of ether oxygens (including phenoxy) is 2. The van der Waals surface area contributed by atoms with Crippen LogP contribution in [0.3, 0.4) is 0 Å². The maximum absolute atomic E-state index is 12.9. The number of nitrogens with zero attached hydrogens (tertiary/aromatic N) is 2. The average Bonchev–Trinajstić information content (AvgIpc) is 2.82. The smallest absolute Gasteiger partial charge is 0.266 e. The van der Waals surface area contributed by atoms with Gasteiger partial charge in [-0.25, -0.2) is 0 Å². The Labute approximate surface area is 159 Å². The van der Waals surface area contributed by atoms with Crippen LogP contribution >= 0.6 is 0 Å². The fourth-order valence-corrected chi connectivity index (χ4v) is 2.99. The number of benzene rings is 2. The van der Waals surface area contributed by atoms with Crippen molar-refractivity contribution in [3.05, 3.63) is 65.7 Å². The van der Waals surface area contributed by atoms with Gasteiger partial charge in [-0.3, -0.25) is 15.1 Å². The number of aliphatic imine (C=N–C) groups is 1. The predicted octanol–water partition coefficient (Wildman–Crippen LogP) is 2.08. The maximum atomic E-state index is 12.9. The zero-order valence-electron chi connectivity index (χ0n) is 15.7. The molecule has 2 aromatic carbocycles. The summed E-state index contributed by atoms with van der Waals surface area (Å²) in [5.41, 5.74) is 3.59. The van der Waals surface area contributed by atoms with E-state index in [0.717, 1.165) is 22.5 Å². The van der Waals surface area contributed by atoms with Crippen molar-refractivity contribution in [1.82, 2.24) is 5.32 Å². The van der Waals surface area contributed by atoms with Gasteiger partial charge in [0.05, 0.1) is 31.2 Å². The van der Waals surface area contributed by atoms with Crippen molar-refractivity contribution in [2.24, 2.45) is 4.99 Å². The molecule has 0 radical (unpaired) electrons. The molecule has 6 nitrogen and oxygen atoms in total. The summed E-state index contributed by atoms with van der Waals surface area (Å²) in [6, 6.07) is 17.8. The van der Waals surface area contributed by atoms with Crippen LogP contribution < -0.4 is 10.2 Å². The largest absolute Gasteiger partial charge is 0.382 e. The second-order valence-corrected chi connectivity index (χ2v) is 6.22. The maximum Gasteiger partial charge on any atom is 0.266 e. The van der Waals surface area contributed by atoms with E-state index in [-0.39, 0.29) is 5.91 Å². The van der Waals surface area contributed by atoms with Crippen molar-refractivity contribution in [2.75, 3.05) is 45.4 Å². The number of carbonyl (C=O) groups is 1. The van der Waals surface area contributed by atoms with Gasteiger partial charge in [0, 0.05) is 31.8 Å². The molecular formula is C21H25N3O3. The summed E-state index contributed by atoms with van der Waals surface area (Å²) in [7, 11) is 3.42. The van der Waals surface area contributed by atoms with Crippen molar-refractivity contribution < 1.29 is 14.3 Å². The second-order valence-electron chi connectivity index (χ2n) is 6.22. The standard InChI is InChI=1S/C21H25N3O3/c1-24-18-11-7-6-10-17(18)19(16-8-4-3-5-9-16)23-20(21(24)25)22-12-13-27-15-14-26-2/h3-11,20,22H,12-15H2,1-2H3/t20-/m1/s1. The molecule has 27 heavy (non-hydrogen) atoms. The number of likely N-dealkylation sites (N-methyl/N-ethyl adjacent to an activating group) is 1. The summed E-state index contributed by atoms with van der Waals surface area (Å²) in [5.74, 6) is -0.0923. The van der Waals surface area contributed by atoms with Crippen molar-refractivity contribution in [3.63, 3.8) is 0 Å². The van der Waals surface area contributed by atoms with Gasteiger partial charge in [0.1, 0.15) is 0 Å². The molecule has 1 atom stereocenters. The molecular weight excluding hydrogens is 342 g/mol. The van der Waals surface area contributed by atoms with Gasteiger partial charge >= 0.3 is 0 Å². The lowest BCUT2D eigenvalue weighted by Gasteiger charge is -2.20. The Balaban J connectivity index is 1.85. The van der Waals surface area contributed by atoms with E-state index in [2.05, 4.69) is 5.32 Å². The molecule has 0 bridgehead atoms. The molecule has 0 saturated heterocycles. The first-order valence-corrected chi connectivity index (χ1v) is 9.02. The van der Waals surface area contributed by atoms with Gasteiger partial charge in [0.15, 0.2) is 6.17 Å². The lowest BCUT2D eigenvalue weighted by atomic mass is 10.0. The molecule has 0 saturated carbocycles. The van der Waals surface area contributed by atoms with E-state index in [9.17, 15) is 4.79 Å². The van der Waals surface area contributed by atoms with E-state index >= 15 is 0 Å². The van der Waals surface area contributed by atoms with Crippen molar-refractivity contribution in [3.8, 4) is 0 Å². The van der Waals surface area contributed by atoms with E-state index in [1.807, 2.05) is 54.6 Å². The minimum atomic E-state index is -0.663. The number of anilines is 1. The highest BCUT2D eigenvalue weighted by Crippen LogP contribution is 2.26. The van der Waals surface area contributed by atoms with Crippen LogP contribution in [0.5, 0.6) is 0 Å². The molecule has 1 amide bonds. The zero-order valence-corrected chi connectivity index (χ0v) is 15.7. The van der Waals surface area contributed by atoms with Crippen molar-refractivity contribution in [2.45, 2.75) is 6.17 Å². The molecule has 1 aliphatic rings. The summed E-state index contributed by atoms with van der Waals surface area (Å²) in [4.78, 5) is 19.4. The summed E-state index contributed by atoms with van der Waals surface area (Å²) in [6.45, 7) is 2.09. The number of para-hydroxylation sites is 1. The number of benzodiazepines with no additional fused rings is 1. The van der Waals surface area contributed by atoms with Crippen LogP contribution in [0, 0.1) is 0 Å². The van der Waals surface area contributed by atoms with Crippen molar-refractivity contribution in [1.29, 1.82) is 0 Å². The number of hydrogen-bond donors (Lipinski definition) is 1. The molecule has 6 heteroatoms. The highest BCUT2D eigenvalue weighted by molar-refractivity contribution is 6.19. The minimum Gasteiger partial charge on any atom is -0.382 e. The highest BCUT2D eigenvalue weighted by Gasteiger charge is 2.29. The quantitative estimate of drug-likeness (QED) is 0.726. The monoisotopic (exact) mass is 367 g/mol. The Morgan fingerprint density at radius 1 is 1.04 bits per heavy atom. The van der Waals surface area contributed by atoms with Crippen LogP contribution in [0.15, 0.2) is 59.6 Å². The third kappa shape index (κ3) is 4.60. The summed E-state index contributed by atoms with van der Waals surface area (Å²) < 4.78 is 10.4. The Kier molecular flexibility index (Phi) is 6.70. The lowest BCUT2D eigenvalue weighted by molar-refractivity contribution is -0.120. The summed E-state index contributed by atoms with van der Waals surface area (Å²) >= 11 is 0. The molecule has 0 spiro atoms. The molecule has 0 unspecified atom stereocenters. The summed E-state index contributed by atoms with van der Waals surface area (Å²) in [5, 5.41) is 3.21. The first-order valence-electron chi connectivity index (χ1n) is 9.02. The number of amides is 1. The van der Waals surface area contributed by atoms with Gasteiger partial charge in [-0.15, -0.1) is 0 Å². The first kappa shape index (κ1) is 19.2. The van der Waals surface area contributed by atoms with Crippen molar-refractivity contribution >= 4 is 17.3 Å². The van der Waals surface area contributed by atoms with Crippen LogP contribution in [-0.2, 0) is 14.3 Å².